The average molecular weight is 250 g/mol. The maximum absolute atomic E-state index is 12.1. The molecule has 0 aromatic carbocycles. The molecule has 4 heteroatoms. The molecule has 0 saturated carbocycles. The summed E-state index contributed by atoms with van der Waals surface area (Å²) in [5, 5.41) is 7.33. The van der Waals surface area contributed by atoms with E-state index in [9.17, 15) is 4.79 Å². The fraction of sp³-hybridized carbons (Fsp3) is 0.462. The first-order chi connectivity index (χ1) is 8.29. The van der Waals surface area contributed by atoms with Crippen LogP contribution in [0.5, 0.6) is 0 Å². The lowest BCUT2D eigenvalue weighted by Gasteiger charge is -2.29. The number of carbonyl (C=O) groups is 1. The molecule has 1 aliphatic rings. The van der Waals surface area contributed by atoms with Gasteiger partial charge in [-0.2, -0.15) is 11.3 Å². The van der Waals surface area contributed by atoms with Crippen LogP contribution in [0.2, 0.25) is 0 Å². The van der Waals surface area contributed by atoms with Gasteiger partial charge in [-0.3, -0.25) is 4.79 Å². The summed E-state index contributed by atoms with van der Waals surface area (Å²) in [6.07, 6.45) is 2.45. The van der Waals surface area contributed by atoms with Crippen LogP contribution in [0.1, 0.15) is 12.0 Å². The summed E-state index contributed by atoms with van der Waals surface area (Å²) in [4.78, 5) is 14.0. The lowest BCUT2D eigenvalue weighted by molar-refractivity contribution is -0.132. The molecule has 92 valence electrons. The van der Waals surface area contributed by atoms with Gasteiger partial charge in [0.05, 0.1) is 0 Å². The number of nitrogens with zero attached hydrogens (tertiary/aromatic N) is 1. The maximum atomic E-state index is 12.1. The topological polar surface area (TPSA) is 32.3 Å². The predicted molar refractivity (Wildman–Crippen MR) is 70.9 cm³/mol. The Labute approximate surface area is 106 Å². The van der Waals surface area contributed by atoms with Crippen LogP contribution < -0.4 is 5.32 Å². The van der Waals surface area contributed by atoms with Crippen LogP contribution in [0.4, 0.5) is 0 Å². The molecule has 0 bridgehead atoms. The number of rotatable bonds is 6. The minimum atomic E-state index is 0.239. The van der Waals surface area contributed by atoms with E-state index < -0.39 is 0 Å². The number of nitrogens with one attached hydrogen (secondary N) is 1. The third kappa shape index (κ3) is 3.41. The van der Waals surface area contributed by atoms with Crippen molar-refractivity contribution in [1.29, 1.82) is 0 Å². The van der Waals surface area contributed by atoms with Gasteiger partial charge >= 0.3 is 0 Å². The lowest BCUT2D eigenvalue weighted by atomic mass is 9.98. The summed E-state index contributed by atoms with van der Waals surface area (Å²) in [6.45, 7) is 7.02. The predicted octanol–water partition coefficient (Wildman–Crippen LogP) is 1.87. The van der Waals surface area contributed by atoms with Crippen molar-refractivity contribution in [2.24, 2.45) is 5.92 Å². The van der Waals surface area contributed by atoms with Crippen LogP contribution in [0.25, 0.3) is 0 Å². The van der Waals surface area contributed by atoms with Crippen LogP contribution in [-0.2, 0) is 11.3 Å². The van der Waals surface area contributed by atoms with Gasteiger partial charge in [-0.1, -0.05) is 6.08 Å². The van der Waals surface area contributed by atoms with Crippen molar-refractivity contribution >= 4 is 17.2 Å². The Bertz CT molecular complexity index is 371. The zero-order valence-corrected chi connectivity index (χ0v) is 10.7. The first kappa shape index (κ1) is 12.3. The summed E-state index contributed by atoms with van der Waals surface area (Å²) in [7, 11) is 0. The summed E-state index contributed by atoms with van der Waals surface area (Å²) in [5.74, 6) is 0.764. The van der Waals surface area contributed by atoms with E-state index in [0.717, 1.165) is 13.1 Å². The Hall–Kier alpha value is -1.13. The Balaban J connectivity index is 1.90. The second-order valence-corrected chi connectivity index (χ2v) is 5.20. The zero-order chi connectivity index (χ0) is 12.1. The van der Waals surface area contributed by atoms with E-state index in [1.165, 1.54) is 5.56 Å². The molecule has 1 aromatic heterocycles. The quantitative estimate of drug-likeness (QED) is 0.782. The van der Waals surface area contributed by atoms with Crippen molar-refractivity contribution in [3.63, 3.8) is 0 Å². The van der Waals surface area contributed by atoms with Gasteiger partial charge in [-0.05, 0) is 41.4 Å². The third-order valence-electron chi connectivity index (χ3n) is 2.99. The van der Waals surface area contributed by atoms with Gasteiger partial charge in [-0.25, -0.2) is 0 Å². The highest BCUT2D eigenvalue weighted by Gasteiger charge is 2.23. The largest absolute Gasteiger partial charge is 0.335 e. The van der Waals surface area contributed by atoms with Crippen LogP contribution in [0.15, 0.2) is 29.5 Å². The second-order valence-electron chi connectivity index (χ2n) is 4.42. The zero-order valence-electron chi connectivity index (χ0n) is 9.89. The minimum absolute atomic E-state index is 0.239. The Morgan fingerprint density at radius 2 is 2.47 bits per heavy atom. The Morgan fingerprint density at radius 3 is 3.00 bits per heavy atom. The smallest absolute Gasteiger partial charge is 0.223 e. The highest BCUT2D eigenvalue weighted by Crippen LogP contribution is 2.14. The lowest BCUT2D eigenvalue weighted by Crippen LogP contribution is -2.45. The molecule has 3 nitrogen and oxygen atoms in total. The number of amides is 1. The molecule has 17 heavy (non-hydrogen) atoms. The molecule has 1 aromatic rings. The van der Waals surface area contributed by atoms with Crippen molar-refractivity contribution in [3.8, 4) is 0 Å². The van der Waals surface area contributed by atoms with Gasteiger partial charge in [0.1, 0.15) is 0 Å². The van der Waals surface area contributed by atoms with Crippen molar-refractivity contribution in [2.45, 2.75) is 13.0 Å². The molecule has 0 aliphatic carbocycles. The fourth-order valence-corrected chi connectivity index (χ4v) is 2.54. The molecular weight excluding hydrogens is 232 g/mol. The first-order valence-electron chi connectivity index (χ1n) is 5.90. The first-order valence-corrected chi connectivity index (χ1v) is 6.84. The van der Waals surface area contributed by atoms with Crippen molar-refractivity contribution in [2.75, 3.05) is 19.6 Å². The van der Waals surface area contributed by atoms with Crippen molar-refractivity contribution in [3.05, 3.63) is 35.0 Å². The molecule has 1 aliphatic heterocycles. The molecule has 0 unspecified atom stereocenters. The van der Waals surface area contributed by atoms with Gasteiger partial charge in [0.15, 0.2) is 0 Å². The van der Waals surface area contributed by atoms with E-state index in [2.05, 4.69) is 23.3 Å². The van der Waals surface area contributed by atoms with E-state index in [1.54, 1.807) is 17.4 Å². The van der Waals surface area contributed by atoms with Crippen LogP contribution in [-0.4, -0.2) is 30.4 Å². The van der Waals surface area contributed by atoms with E-state index in [0.29, 0.717) is 25.4 Å². The van der Waals surface area contributed by atoms with E-state index >= 15 is 0 Å². The number of carbonyl (C=O) groups excluding carboxylic acids is 1. The van der Waals surface area contributed by atoms with Gasteiger partial charge in [0.2, 0.25) is 5.91 Å². The molecule has 0 spiro atoms. The standard InChI is InChI=1S/C13H18N2OS/c1-2-4-15(9-11-3-5-17-10-11)13(16)6-12-7-14-8-12/h2-3,5,10,12,14H,1,4,6-9H2. The van der Waals surface area contributed by atoms with Crippen LogP contribution >= 0.6 is 11.3 Å². The molecule has 2 heterocycles. The van der Waals surface area contributed by atoms with E-state index in [-0.39, 0.29) is 5.91 Å². The van der Waals surface area contributed by atoms with Gasteiger partial charge in [-0.15, -0.1) is 6.58 Å². The van der Waals surface area contributed by atoms with Crippen molar-refractivity contribution < 1.29 is 4.79 Å². The minimum Gasteiger partial charge on any atom is -0.335 e. The molecule has 2 rings (SSSR count). The molecule has 1 fully saturated rings. The fourth-order valence-electron chi connectivity index (χ4n) is 1.88. The summed E-state index contributed by atoms with van der Waals surface area (Å²) >= 11 is 1.67. The molecule has 0 atom stereocenters. The number of hydrogen-bond donors (Lipinski definition) is 1. The third-order valence-corrected chi connectivity index (χ3v) is 3.72. The highest BCUT2D eigenvalue weighted by atomic mass is 32.1. The molecule has 1 saturated heterocycles. The maximum Gasteiger partial charge on any atom is 0.223 e. The van der Waals surface area contributed by atoms with Gasteiger partial charge in [0, 0.05) is 19.5 Å². The summed E-state index contributed by atoms with van der Waals surface area (Å²) < 4.78 is 0. The number of thiophene rings is 1. The van der Waals surface area contributed by atoms with E-state index in [1.807, 2.05) is 10.3 Å². The second kappa shape index (κ2) is 5.98. The Morgan fingerprint density at radius 1 is 1.65 bits per heavy atom. The molecule has 1 amide bonds. The number of hydrogen-bond acceptors (Lipinski definition) is 3. The molecule has 1 N–H and O–H groups in total. The van der Waals surface area contributed by atoms with E-state index in [4.69, 9.17) is 0 Å². The van der Waals surface area contributed by atoms with Crippen LogP contribution in [0.3, 0.4) is 0 Å². The summed E-state index contributed by atoms with van der Waals surface area (Å²) in [5.41, 5.74) is 1.21. The average Bonchev–Trinajstić information content (AvgIpc) is 2.75. The normalized spacial score (nSPS) is 15.3. The molecule has 0 radical (unpaired) electrons. The SMILES string of the molecule is C=CCN(Cc1ccsc1)C(=O)CC1CNC1. The Kier molecular flexibility index (Phi) is 4.34. The van der Waals surface area contributed by atoms with Crippen LogP contribution in [0, 0.1) is 5.92 Å². The monoisotopic (exact) mass is 250 g/mol. The van der Waals surface area contributed by atoms with Crippen molar-refractivity contribution in [1.82, 2.24) is 10.2 Å². The highest BCUT2D eigenvalue weighted by molar-refractivity contribution is 7.07. The summed E-state index contributed by atoms with van der Waals surface area (Å²) in [6, 6.07) is 2.07. The molecular formula is C13H18N2OS. The van der Waals surface area contributed by atoms with Gasteiger partial charge in [0.25, 0.3) is 0 Å². The van der Waals surface area contributed by atoms with Gasteiger partial charge < -0.3 is 10.2 Å².